The van der Waals surface area contributed by atoms with Crippen molar-refractivity contribution in [3.05, 3.63) is 53.4 Å². The molecular weight excluding hydrogens is 312 g/mol. The molecule has 1 aromatic heterocycles. The Labute approximate surface area is 141 Å². The molecule has 1 aliphatic rings. The number of nitrogens with one attached hydrogen (secondary N) is 2. The van der Waals surface area contributed by atoms with Gasteiger partial charge in [-0.1, -0.05) is 24.4 Å². The lowest BCUT2D eigenvalue weighted by Gasteiger charge is -2.31. The number of furan rings is 1. The summed E-state index contributed by atoms with van der Waals surface area (Å²) in [5, 5.41) is 6.64. The average molecular weight is 333 g/mol. The summed E-state index contributed by atoms with van der Waals surface area (Å²) < 4.78 is 5.46. The van der Waals surface area contributed by atoms with Crippen LogP contribution in [0.25, 0.3) is 0 Å². The van der Waals surface area contributed by atoms with Crippen molar-refractivity contribution in [1.29, 1.82) is 0 Å². The first kappa shape index (κ1) is 15.9. The van der Waals surface area contributed by atoms with Gasteiger partial charge in [-0.25, -0.2) is 4.79 Å². The number of urea groups is 1. The molecule has 0 spiro atoms. The van der Waals surface area contributed by atoms with Gasteiger partial charge in [0.2, 0.25) is 0 Å². The number of hydrogen-bond acceptors (Lipinski definition) is 2. The zero-order chi connectivity index (χ0) is 16.1. The Kier molecular flexibility index (Phi) is 5.23. The zero-order valence-corrected chi connectivity index (χ0v) is 13.7. The van der Waals surface area contributed by atoms with E-state index in [4.69, 9.17) is 16.0 Å². The molecule has 2 N–H and O–H groups in total. The summed E-state index contributed by atoms with van der Waals surface area (Å²) >= 11 is 5.85. The molecule has 23 heavy (non-hydrogen) atoms. The lowest BCUT2D eigenvalue weighted by Crippen LogP contribution is -2.44. The summed E-state index contributed by atoms with van der Waals surface area (Å²) in [5.41, 5.74) is 0.741. The Bertz CT molecular complexity index is 625. The molecule has 5 heteroatoms. The topological polar surface area (TPSA) is 54.3 Å². The van der Waals surface area contributed by atoms with E-state index >= 15 is 0 Å². The largest absolute Gasteiger partial charge is 0.469 e. The minimum Gasteiger partial charge on any atom is -0.469 e. The highest BCUT2D eigenvalue weighted by Gasteiger charge is 2.27. The van der Waals surface area contributed by atoms with Crippen LogP contribution in [-0.2, 0) is 6.42 Å². The molecule has 0 unspecified atom stereocenters. The summed E-state index contributed by atoms with van der Waals surface area (Å²) in [6.07, 6.45) is 7.07. The fourth-order valence-electron chi connectivity index (χ4n) is 3.20. The highest BCUT2D eigenvalue weighted by molar-refractivity contribution is 6.30. The van der Waals surface area contributed by atoms with Crippen LogP contribution >= 0.6 is 11.6 Å². The minimum absolute atomic E-state index is 0.163. The van der Waals surface area contributed by atoms with Crippen LogP contribution in [-0.4, -0.2) is 12.1 Å². The van der Waals surface area contributed by atoms with Crippen molar-refractivity contribution in [3.8, 4) is 0 Å². The van der Waals surface area contributed by atoms with E-state index in [2.05, 4.69) is 10.6 Å². The summed E-state index contributed by atoms with van der Waals surface area (Å²) in [6, 6.07) is 11.0. The van der Waals surface area contributed by atoms with Crippen LogP contribution in [0.3, 0.4) is 0 Å². The Morgan fingerprint density at radius 1 is 1.17 bits per heavy atom. The van der Waals surface area contributed by atoms with Crippen LogP contribution in [0.4, 0.5) is 10.5 Å². The van der Waals surface area contributed by atoms with Crippen molar-refractivity contribution < 1.29 is 9.21 Å². The van der Waals surface area contributed by atoms with E-state index in [0.29, 0.717) is 10.9 Å². The molecule has 1 aliphatic carbocycles. The molecule has 0 bridgehead atoms. The van der Waals surface area contributed by atoms with Crippen LogP contribution < -0.4 is 10.6 Å². The molecule has 0 aliphatic heterocycles. The lowest BCUT2D eigenvalue weighted by molar-refractivity contribution is 0.224. The van der Waals surface area contributed by atoms with Crippen LogP contribution in [0.2, 0.25) is 5.02 Å². The van der Waals surface area contributed by atoms with Crippen LogP contribution in [0.5, 0.6) is 0 Å². The van der Waals surface area contributed by atoms with Gasteiger partial charge in [-0.15, -0.1) is 0 Å². The SMILES string of the molecule is O=C(Nc1ccc(Cl)cc1)N[C@@H]1CCCC[C@@H]1Cc1ccco1. The molecule has 0 radical (unpaired) electrons. The maximum Gasteiger partial charge on any atom is 0.319 e. The van der Waals surface area contributed by atoms with Crippen molar-refractivity contribution in [2.45, 2.75) is 38.1 Å². The quantitative estimate of drug-likeness (QED) is 0.840. The number of amides is 2. The summed E-state index contributed by atoms with van der Waals surface area (Å²) in [7, 11) is 0. The van der Waals surface area contributed by atoms with Crippen LogP contribution in [0.15, 0.2) is 47.1 Å². The Balaban J connectivity index is 1.57. The van der Waals surface area contributed by atoms with Gasteiger partial charge in [0, 0.05) is 23.2 Å². The molecule has 122 valence electrons. The average Bonchev–Trinajstić information content (AvgIpc) is 3.05. The number of carbonyl (C=O) groups is 1. The lowest BCUT2D eigenvalue weighted by atomic mass is 9.82. The Morgan fingerprint density at radius 2 is 1.96 bits per heavy atom. The maximum atomic E-state index is 12.2. The van der Waals surface area contributed by atoms with Crippen molar-refractivity contribution in [1.82, 2.24) is 5.32 Å². The van der Waals surface area contributed by atoms with E-state index in [1.165, 1.54) is 6.42 Å². The highest BCUT2D eigenvalue weighted by atomic mass is 35.5. The van der Waals surface area contributed by atoms with E-state index in [1.807, 2.05) is 12.1 Å². The summed E-state index contributed by atoms with van der Waals surface area (Å²) in [4.78, 5) is 12.2. The molecule has 3 rings (SSSR count). The van der Waals surface area contributed by atoms with Crippen molar-refractivity contribution >= 4 is 23.3 Å². The molecule has 2 amide bonds. The molecular formula is C18H21ClN2O2. The van der Waals surface area contributed by atoms with Crippen molar-refractivity contribution in [2.75, 3.05) is 5.32 Å². The number of halogens is 1. The molecule has 0 saturated heterocycles. The number of carbonyl (C=O) groups excluding carboxylic acids is 1. The number of benzene rings is 1. The van der Waals surface area contributed by atoms with E-state index < -0.39 is 0 Å². The minimum atomic E-state index is -0.163. The van der Waals surface area contributed by atoms with Gasteiger partial charge < -0.3 is 15.1 Å². The second-order valence-electron chi connectivity index (χ2n) is 6.04. The van der Waals surface area contributed by atoms with Gasteiger partial charge in [-0.05, 0) is 55.2 Å². The smallest absolute Gasteiger partial charge is 0.319 e. The third kappa shape index (κ3) is 4.52. The number of hydrogen-bond donors (Lipinski definition) is 2. The third-order valence-electron chi connectivity index (χ3n) is 4.37. The first-order valence-electron chi connectivity index (χ1n) is 8.06. The van der Waals surface area contributed by atoms with Gasteiger partial charge in [-0.2, -0.15) is 0 Å². The summed E-state index contributed by atoms with van der Waals surface area (Å²) in [6.45, 7) is 0. The second-order valence-corrected chi connectivity index (χ2v) is 6.48. The number of anilines is 1. The number of rotatable bonds is 4. The Morgan fingerprint density at radius 3 is 2.70 bits per heavy atom. The Hall–Kier alpha value is -1.94. The van der Waals surface area contributed by atoms with Crippen LogP contribution in [0, 0.1) is 5.92 Å². The van der Waals surface area contributed by atoms with Gasteiger partial charge in [0.1, 0.15) is 5.76 Å². The van der Waals surface area contributed by atoms with E-state index in [1.54, 1.807) is 30.5 Å². The predicted octanol–water partition coefficient (Wildman–Crippen LogP) is 4.86. The normalized spacial score (nSPS) is 20.9. The van der Waals surface area contributed by atoms with Gasteiger partial charge in [0.05, 0.1) is 6.26 Å². The van der Waals surface area contributed by atoms with E-state index in [0.717, 1.165) is 37.1 Å². The second kappa shape index (κ2) is 7.55. The first-order valence-corrected chi connectivity index (χ1v) is 8.44. The standard InChI is InChI=1S/C18H21ClN2O2/c19-14-7-9-15(10-8-14)20-18(22)21-17-6-2-1-4-13(17)12-16-5-3-11-23-16/h3,5,7-11,13,17H,1-2,4,6,12H2,(H2,20,21,22)/t13-,17-/m1/s1. The fourth-order valence-corrected chi connectivity index (χ4v) is 3.32. The summed E-state index contributed by atoms with van der Waals surface area (Å²) in [5.74, 6) is 1.41. The van der Waals surface area contributed by atoms with E-state index in [9.17, 15) is 4.79 Å². The molecule has 2 atom stereocenters. The predicted molar refractivity (Wildman–Crippen MR) is 91.8 cm³/mol. The zero-order valence-electron chi connectivity index (χ0n) is 12.9. The third-order valence-corrected chi connectivity index (χ3v) is 4.62. The molecule has 1 aromatic carbocycles. The molecule has 1 fully saturated rings. The van der Waals surface area contributed by atoms with E-state index in [-0.39, 0.29) is 12.1 Å². The monoisotopic (exact) mass is 332 g/mol. The fraction of sp³-hybridized carbons (Fsp3) is 0.389. The molecule has 1 heterocycles. The van der Waals surface area contributed by atoms with Crippen molar-refractivity contribution in [3.63, 3.8) is 0 Å². The highest BCUT2D eigenvalue weighted by Crippen LogP contribution is 2.28. The van der Waals surface area contributed by atoms with Crippen molar-refractivity contribution in [2.24, 2.45) is 5.92 Å². The molecule has 1 saturated carbocycles. The van der Waals surface area contributed by atoms with Crippen LogP contribution in [0.1, 0.15) is 31.4 Å². The maximum absolute atomic E-state index is 12.2. The van der Waals surface area contributed by atoms with Gasteiger partial charge in [0.25, 0.3) is 0 Å². The molecule has 2 aromatic rings. The van der Waals surface area contributed by atoms with Gasteiger partial charge in [-0.3, -0.25) is 0 Å². The molecule has 4 nitrogen and oxygen atoms in total. The first-order chi connectivity index (χ1) is 11.2. The van der Waals surface area contributed by atoms with Gasteiger partial charge in [0.15, 0.2) is 0 Å². The van der Waals surface area contributed by atoms with Gasteiger partial charge >= 0.3 is 6.03 Å².